The predicted octanol–water partition coefficient (Wildman–Crippen LogP) is 3.01. The summed E-state index contributed by atoms with van der Waals surface area (Å²) in [5.74, 6) is 0.901. The molecule has 0 fully saturated rings. The molecule has 1 N–H and O–H groups in total. The van der Waals surface area contributed by atoms with E-state index in [1.165, 1.54) is 5.56 Å². The zero-order chi connectivity index (χ0) is 12.7. The third kappa shape index (κ3) is 5.68. The van der Waals surface area contributed by atoms with Crippen molar-refractivity contribution in [3.63, 3.8) is 0 Å². The average molecular weight is 236 g/mol. The van der Waals surface area contributed by atoms with Crippen LogP contribution < -0.4 is 10.1 Å². The van der Waals surface area contributed by atoms with Gasteiger partial charge in [0.25, 0.3) is 0 Å². The average Bonchev–Trinajstić information content (AvgIpc) is 2.26. The van der Waals surface area contributed by atoms with E-state index in [9.17, 15) is 0 Å². The lowest BCUT2D eigenvalue weighted by Gasteiger charge is -2.19. The van der Waals surface area contributed by atoms with Crippen molar-refractivity contribution in [2.24, 2.45) is 5.41 Å². The van der Waals surface area contributed by atoms with E-state index >= 15 is 0 Å². The highest BCUT2D eigenvalue weighted by molar-refractivity contribution is 5.29. The SMILES string of the molecule is CCNCc1ccncc1OCCC(C)(C)C. The first kappa shape index (κ1) is 14.0. The Morgan fingerprint density at radius 1 is 1.35 bits per heavy atom. The number of pyridine rings is 1. The highest BCUT2D eigenvalue weighted by Gasteiger charge is 2.10. The first-order valence-corrected chi connectivity index (χ1v) is 6.29. The van der Waals surface area contributed by atoms with Crippen LogP contribution >= 0.6 is 0 Å². The summed E-state index contributed by atoms with van der Waals surface area (Å²) in [6.07, 6.45) is 4.65. The van der Waals surface area contributed by atoms with Gasteiger partial charge in [-0.15, -0.1) is 0 Å². The lowest BCUT2D eigenvalue weighted by Crippen LogP contribution is -2.15. The number of nitrogens with one attached hydrogen (secondary N) is 1. The molecule has 96 valence electrons. The van der Waals surface area contributed by atoms with Crippen LogP contribution in [0.5, 0.6) is 5.75 Å². The summed E-state index contributed by atoms with van der Waals surface area (Å²) in [6.45, 7) is 11.3. The molecule has 3 heteroatoms. The molecule has 0 bridgehead atoms. The fourth-order valence-corrected chi connectivity index (χ4v) is 1.41. The van der Waals surface area contributed by atoms with Gasteiger partial charge in [-0.1, -0.05) is 27.7 Å². The van der Waals surface area contributed by atoms with Crippen molar-refractivity contribution in [3.8, 4) is 5.75 Å². The van der Waals surface area contributed by atoms with Gasteiger partial charge in [0.15, 0.2) is 0 Å². The highest BCUT2D eigenvalue weighted by Crippen LogP contribution is 2.21. The van der Waals surface area contributed by atoms with E-state index in [4.69, 9.17) is 4.74 Å². The minimum Gasteiger partial charge on any atom is -0.492 e. The molecule has 0 saturated carbocycles. The van der Waals surface area contributed by atoms with Crippen molar-refractivity contribution in [3.05, 3.63) is 24.0 Å². The Kier molecular flexibility index (Phi) is 5.42. The van der Waals surface area contributed by atoms with Gasteiger partial charge in [-0.05, 0) is 24.4 Å². The number of hydrogen-bond acceptors (Lipinski definition) is 3. The second kappa shape index (κ2) is 6.60. The minimum atomic E-state index is 0.310. The molecule has 0 aromatic carbocycles. The van der Waals surface area contributed by atoms with E-state index in [0.717, 1.165) is 31.9 Å². The molecule has 0 atom stereocenters. The zero-order valence-electron chi connectivity index (χ0n) is 11.4. The molecule has 1 rings (SSSR count). The zero-order valence-corrected chi connectivity index (χ0v) is 11.4. The molecule has 0 unspecified atom stereocenters. The standard InChI is InChI=1S/C14H24N2O/c1-5-15-10-12-6-8-16-11-13(12)17-9-7-14(2,3)4/h6,8,11,15H,5,7,9-10H2,1-4H3. The summed E-state index contributed by atoms with van der Waals surface area (Å²) < 4.78 is 5.81. The van der Waals surface area contributed by atoms with E-state index in [1.807, 2.05) is 12.3 Å². The maximum atomic E-state index is 5.81. The summed E-state index contributed by atoms with van der Waals surface area (Å²) in [5, 5.41) is 3.30. The number of ether oxygens (including phenoxy) is 1. The van der Waals surface area contributed by atoms with Crippen LogP contribution in [0.15, 0.2) is 18.5 Å². The molecular formula is C14H24N2O. The second-order valence-corrected chi connectivity index (χ2v) is 5.42. The summed E-state index contributed by atoms with van der Waals surface area (Å²) in [5.41, 5.74) is 1.49. The fourth-order valence-electron chi connectivity index (χ4n) is 1.41. The van der Waals surface area contributed by atoms with Crippen molar-refractivity contribution in [1.29, 1.82) is 0 Å². The Hall–Kier alpha value is -1.09. The smallest absolute Gasteiger partial charge is 0.142 e. The number of hydrogen-bond donors (Lipinski definition) is 1. The minimum absolute atomic E-state index is 0.310. The number of nitrogens with zero attached hydrogens (tertiary/aromatic N) is 1. The van der Waals surface area contributed by atoms with Crippen molar-refractivity contribution in [1.82, 2.24) is 10.3 Å². The maximum absolute atomic E-state index is 5.81. The summed E-state index contributed by atoms with van der Waals surface area (Å²) in [4.78, 5) is 4.12. The molecular weight excluding hydrogens is 212 g/mol. The van der Waals surface area contributed by atoms with Gasteiger partial charge in [0.1, 0.15) is 5.75 Å². The molecule has 1 aromatic heterocycles. The van der Waals surface area contributed by atoms with Gasteiger partial charge in [0, 0.05) is 18.3 Å². The van der Waals surface area contributed by atoms with Crippen molar-refractivity contribution in [2.45, 2.75) is 40.7 Å². The van der Waals surface area contributed by atoms with Gasteiger partial charge in [0.05, 0.1) is 12.8 Å². The molecule has 17 heavy (non-hydrogen) atoms. The Morgan fingerprint density at radius 3 is 2.76 bits per heavy atom. The molecule has 0 radical (unpaired) electrons. The maximum Gasteiger partial charge on any atom is 0.142 e. The Balaban J connectivity index is 2.51. The van der Waals surface area contributed by atoms with E-state index in [-0.39, 0.29) is 0 Å². The predicted molar refractivity (Wildman–Crippen MR) is 71.2 cm³/mol. The first-order chi connectivity index (χ1) is 8.03. The quantitative estimate of drug-likeness (QED) is 0.824. The third-order valence-electron chi connectivity index (χ3n) is 2.55. The molecule has 1 heterocycles. The van der Waals surface area contributed by atoms with Crippen LogP contribution in [0.4, 0.5) is 0 Å². The van der Waals surface area contributed by atoms with E-state index in [0.29, 0.717) is 5.41 Å². The molecule has 0 amide bonds. The van der Waals surface area contributed by atoms with E-state index < -0.39 is 0 Å². The van der Waals surface area contributed by atoms with Crippen LogP contribution in [-0.4, -0.2) is 18.1 Å². The monoisotopic (exact) mass is 236 g/mol. The summed E-state index contributed by atoms with van der Waals surface area (Å²) >= 11 is 0. The summed E-state index contributed by atoms with van der Waals surface area (Å²) in [7, 11) is 0. The molecule has 0 aliphatic rings. The lowest BCUT2D eigenvalue weighted by molar-refractivity contribution is 0.240. The molecule has 3 nitrogen and oxygen atoms in total. The number of aromatic nitrogens is 1. The van der Waals surface area contributed by atoms with E-state index in [2.05, 4.69) is 38.0 Å². The largest absolute Gasteiger partial charge is 0.492 e. The van der Waals surface area contributed by atoms with Crippen LogP contribution in [0, 0.1) is 5.41 Å². The van der Waals surface area contributed by atoms with Crippen LogP contribution in [0.2, 0.25) is 0 Å². The second-order valence-electron chi connectivity index (χ2n) is 5.42. The van der Waals surface area contributed by atoms with E-state index in [1.54, 1.807) is 6.20 Å². The van der Waals surface area contributed by atoms with Gasteiger partial charge in [-0.25, -0.2) is 0 Å². The topological polar surface area (TPSA) is 34.2 Å². The molecule has 1 aromatic rings. The van der Waals surface area contributed by atoms with Crippen molar-refractivity contribution < 1.29 is 4.74 Å². The van der Waals surface area contributed by atoms with Gasteiger partial charge in [-0.2, -0.15) is 0 Å². The van der Waals surface area contributed by atoms with Gasteiger partial charge in [-0.3, -0.25) is 4.98 Å². The highest BCUT2D eigenvalue weighted by atomic mass is 16.5. The third-order valence-corrected chi connectivity index (χ3v) is 2.55. The van der Waals surface area contributed by atoms with Gasteiger partial charge >= 0.3 is 0 Å². The van der Waals surface area contributed by atoms with Crippen LogP contribution in [0.1, 0.15) is 39.7 Å². The molecule has 0 aliphatic heterocycles. The molecule has 0 saturated heterocycles. The van der Waals surface area contributed by atoms with Gasteiger partial charge in [0.2, 0.25) is 0 Å². The molecule has 0 spiro atoms. The summed E-state index contributed by atoms with van der Waals surface area (Å²) in [6, 6.07) is 2.01. The first-order valence-electron chi connectivity index (χ1n) is 6.29. The van der Waals surface area contributed by atoms with Crippen LogP contribution in [0.3, 0.4) is 0 Å². The number of rotatable bonds is 6. The van der Waals surface area contributed by atoms with Crippen LogP contribution in [0.25, 0.3) is 0 Å². The normalized spacial score (nSPS) is 11.5. The van der Waals surface area contributed by atoms with Gasteiger partial charge < -0.3 is 10.1 Å². The Labute approximate surface area is 105 Å². The lowest BCUT2D eigenvalue weighted by atomic mass is 9.93. The fraction of sp³-hybridized carbons (Fsp3) is 0.643. The molecule has 0 aliphatic carbocycles. The van der Waals surface area contributed by atoms with Crippen molar-refractivity contribution >= 4 is 0 Å². The van der Waals surface area contributed by atoms with Crippen LogP contribution in [-0.2, 0) is 6.54 Å². The Bertz CT molecular complexity index is 331. The Morgan fingerprint density at radius 2 is 2.12 bits per heavy atom. The van der Waals surface area contributed by atoms with Crippen molar-refractivity contribution in [2.75, 3.05) is 13.2 Å².